The molecule has 0 saturated carbocycles. The number of aryl methyl sites for hydroxylation is 1. The van der Waals surface area contributed by atoms with Crippen molar-refractivity contribution < 1.29 is 22.3 Å². The highest BCUT2D eigenvalue weighted by atomic mass is 19.4. The predicted molar refractivity (Wildman–Crippen MR) is 108 cm³/mol. The fourth-order valence-corrected chi connectivity index (χ4v) is 3.62. The summed E-state index contributed by atoms with van der Waals surface area (Å²) in [6.45, 7) is 1.55. The molecule has 0 fully saturated rings. The standard InChI is InChI=1S/C21H14F3N5O3/c1-10-14(19-27-16-12(31-2)6-3-7-13(16)32-19)20(30)29-18(26-10)15(11-5-4-8-25-9-11)17(28-29)21(22,23)24/h3-9,26H,1-2H3. The number of nitrogens with one attached hydrogen (secondary N) is 1. The molecule has 0 radical (unpaired) electrons. The topological polar surface area (TPSA) is 98.3 Å². The maximum atomic E-state index is 13.8. The molecule has 0 amide bonds. The van der Waals surface area contributed by atoms with Gasteiger partial charge < -0.3 is 14.1 Å². The summed E-state index contributed by atoms with van der Waals surface area (Å²) in [5.74, 6) is 0.377. The molecule has 4 heterocycles. The van der Waals surface area contributed by atoms with Crippen molar-refractivity contribution in [3.8, 4) is 28.3 Å². The van der Waals surface area contributed by atoms with Crippen LogP contribution in [-0.4, -0.2) is 31.7 Å². The zero-order valence-corrected chi connectivity index (χ0v) is 16.7. The Morgan fingerprint density at radius 1 is 1.16 bits per heavy atom. The number of benzene rings is 1. The van der Waals surface area contributed by atoms with Crippen LogP contribution >= 0.6 is 0 Å². The number of H-pyrrole nitrogens is 1. The average Bonchev–Trinajstić information content (AvgIpc) is 3.36. The lowest BCUT2D eigenvalue weighted by atomic mass is 10.1. The first kappa shape index (κ1) is 19.8. The van der Waals surface area contributed by atoms with E-state index in [1.807, 2.05) is 0 Å². The largest absolute Gasteiger partial charge is 0.494 e. The van der Waals surface area contributed by atoms with Gasteiger partial charge in [0.2, 0.25) is 5.89 Å². The van der Waals surface area contributed by atoms with Crippen molar-refractivity contribution in [3.05, 3.63) is 64.5 Å². The molecule has 0 bridgehead atoms. The highest BCUT2D eigenvalue weighted by Gasteiger charge is 2.39. The summed E-state index contributed by atoms with van der Waals surface area (Å²) in [6.07, 6.45) is -2.08. The summed E-state index contributed by atoms with van der Waals surface area (Å²) in [5.41, 5.74) is -1.22. The van der Waals surface area contributed by atoms with Crippen molar-refractivity contribution in [3.63, 3.8) is 0 Å². The molecule has 0 saturated heterocycles. The summed E-state index contributed by atoms with van der Waals surface area (Å²) in [4.78, 5) is 24.4. The van der Waals surface area contributed by atoms with Gasteiger partial charge in [0.15, 0.2) is 16.8 Å². The van der Waals surface area contributed by atoms with Gasteiger partial charge in [0, 0.05) is 23.7 Å². The maximum absolute atomic E-state index is 13.8. The molecule has 1 N–H and O–H groups in total. The lowest BCUT2D eigenvalue weighted by molar-refractivity contribution is -0.140. The molecular weight excluding hydrogens is 427 g/mol. The van der Waals surface area contributed by atoms with Crippen molar-refractivity contribution in [2.45, 2.75) is 13.1 Å². The minimum Gasteiger partial charge on any atom is -0.494 e. The lowest BCUT2D eigenvalue weighted by Gasteiger charge is -2.07. The normalized spacial score (nSPS) is 12.0. The van der Waals surface area contributed by atoms with E-state index in [1.165, 1.54) is 31.6 Å². The Morgan fingerprint density at radius 3 is 2.66 bits per heavy atom. The Morgan fingerprint density at radius 2 is 1.97 bits per heavy atom. The van der Waals surface area contributed by atoms with Crippen LogP contribution in [0, 0.1) is 6.92 Å². The van der Waals surface area contributed by atoms with Gasteiger partial charge in [-0.2, -0.15) is 22.8 Å². The number of ether oxygens (including phenoxy) is 1. The average molecular weight is 441 g/mol. The Kier molecular flexibility index (Phi) is 4.29. The van der Waals surface area contributed by atoms with Gasteiger partial charge in [-0.05, 0) is 25.1 Å². The Bertz CT molecular complexity index is 1530. The SMILES string of the molecule is COc1cccc2oc(-c3c(C)[nH]c4c(-c5cccnc5)c(C(F)(F)F)nn4c3=O)nc12. The van der Waals surface area contributed by atoms with Gasteiger partial charge in [-0.25, -0.2) is 4.98 Å². The van der Waals surface area contributed by atoms with Crippen molar-refractivity contribution >= 4 is 16.7 Å². The van der Waals surface area contributed by atoms with Crippen LogP contribution < -0.4 is 10.3 Å². The number of pyridine rings is 1. The Labute approximate surface area is 177 Å². The molecule has 8 nitrogen and oxygen atoms in total. The third-order valence-electron chi connectivity index (χ3n) is 5.01. The van der Waals surface area contributed by atoms with Gasteiger partial charge in [0.25, 0.3) is 5.56 Å². The number of aromatic amines is 1. The Hall–Kier alpha value is -4.15. The minimum atomic E-state index is -4.80. The molecule has 5 rings (SSSR count). The summed E-state index contributed by atoms with van der Waals surface area (Å²) < 4.78 is 53.0. The van der Waals surface area contributed by atoms with E-state index in [0.29, 0.717) is 21.4 Å². The first-order valence-electron chi connectivity index (χ1n) is 9.36. The second-order valence-corrected chi connectivity index (χ2v) is 6.98. The molecule has 0 aliphatic carbocycles. The molecule has 0 aliphatic rings. The second kappa shape index (κ2) is 6.94. The zero-order valence-electron chi connectivity index (χ0n) is 16.7. The number of aromatic nitrogens is 5. The molecule has 4 aromatic heterocycles. The second-order valence-electron chi connectivity index (χ2n) is 6.98. The molecule has 0 unspecified atom stereocenters. The third-order valence-corrected chi connectivity index (χ3v) is 5.01. The minimum absolute atomic E-state index is 0.0373. The van der Waals surface area contributed by atoms with E-state index in [-0.39, 0.29) is 33.9 Å². The highest BCUT2D eigenvalue weighted by Crippen LogP contribution is 2.38. The number of para-hydroxylation sites is 1. The number of hydrogen-bond acceptors (Lipinski definition) is 6. The van der Waals surface area contributed by atoms with Crippen LogP contribution in [0.5, 0.6) is 5.75 Å². The molecule has 1 aromatic carbocycles. The number of fused-ring (bicyclic) bond motifs is 2. The van der Waals surface area contributed by atoms with E-state index < -0.39 is 17.4 Å². The van der Waals surface area contributed by atoms with Crippen molar-refractivity contribution in [1.29, 1.82) is 0 Å². The number of hydrogen-bond donors (Lipinski definition) is 1. The molecule has 0 atom stereocenters. The van der Waals surface area contributed by atoms with Crippen molar-refractivity contribution in [1.82, 2.24) is 24.6 Å². The number of rotatable bonds is 3. The first-order valence-corrected chi connectivity index (χ1v) is 9.36. The first-order chi connectivity index (χ1) is 15.3. The van der Waals surface area contributed by atoms with Crippen molar-refractivity contribution in [2.24, 2.45) is 0 Å². The molecule has 11 heteroatoms. The predicted octanol–water partition coefficient (Wildman–Crippen LogP) is 4.23. The lowest BCUT2D eigenvalue weighted by Crippen LogP contribution is -2.20. The smallest absolute Gasteiger partial charge is 0.435 e. The monoisotopic (exact) mass is 441 g/mol. The molecule has 0 aliphatic heterocycles. The molecule has 5 aromatic rings. The van der Waals surface area contributed by atoms with Crippen molar-refractivity contribution in [2.75, 3.05) is 7.11 Å². The van der Waals surface area contributed by atoms with Crippen LogP contribution in [-0.2, 0) is 6.18 Å². The number of methoxy groups -OCH3 is 1. The van der Waals surface area contributed by atoms with E-state index in [4.69, 9.17) is 9.15 Å². The van der Waals surface area contributed by atoms with Gasteiger partial charge in [-0.3, -0.25) is 9.78 Å². The van der Waals surface area contributed by atoms with Crippen LogP contribution in [0.25, 0.3) is 39.3 Å². The van der Waals surface area contributed by atoms with Gasteiger partial charge >= 0.3 is 6.18 Å². The summed E-state index contributed by atoms with van der Waals surface area (Å²) in [5, 5.41) is 3.60. The van der Waals surface area contributed by atoms with Crippen LogP contribution in [0.15, 0.2) is 51.9 Å². The number of alkyl halides is 3. The van der Waals surface area contributed by atoms with E-state index >= 15 is 0 Å². The Balaban J connectivity index is 1.82. The van der Waals surface area contributed by atoms with Crippen LogP contribution in [0.3, 0.4) is 0 Å². The maximum Gasteiger partial charge on any atom is 0.435 e. The van der Waals surface area contributed by atoms with Crippen LogP contribution in [0.2, 0.25) is 0 Å². The van der Waals surface area contributed by atoms with Crippen LogP contribution in [0.4, 0.5) is 13.2 Å². The molecule has 0 spiro atoms. The van der Waals surface area contributed by atoms with Gasteiger partial charge in [0.05, 0.1) is 12.7 Å². The van der Waals surface area contributed by atoms with Gasteiger partial charge in [-0.15, -0.1) is 0 Å². The highest BCUT2D eigenvalue weighted by molar-refractivity contribution is 5.83. The van der Waals surface area contributed by atoms with E-state index in [9.17, 15) is 18.0 Å². The molecule has 162 valence electrons. The van der Waals surface area contributed by atoms with Crippen LogP contribution in [0.1, 0.15) is 11.4 Å². The molecule has 32 heavy (non-hydrogen) atoms. The summed E-state index contributed by atoms with van der Waals surface area (Å²) in [6, 6.07) is 7.99. The number of halogens is 3. The van der Waals surface area contributed by atoms with E-state index in [2.05, 4.69) is 20.1 Å². The third kappa shape index (κ3) is 2.93. The van der Waals surface area contributed by atoms with E-state index in [1.54, 1.807) is 25.1 Å². The van der Waals surface area contributed by atoms with Gasteiger partial charge in [0.1, 0.15) is 17.0 Å². The summed E-state index contributed by atoms with van der Waals surface area (Å²) in [7, 11) is 1.47. The van der Waals surface area contributed by atoms with Gasteiger partial charge in [-0.1, -0.05) is 12.1 Å². The number of oxazole rings is 1. The quantitative estimate of drug-likeness (QED) is 0.450. The zero-order chi connectivity index (χ0) is 22.6. The summed E-state index contributed by atoms with van der Waals surface area (Å²) >= 11 is 0. The number of nitrogens with zero attached hydrogens (tertiary/aromatic N) is 4. The fraction of sp³-hybridized carbons (Fsp3) is 0.143. The fourth-order valence-electron chi connectivity index (χ4n) is 3.62. The van der Waals surface area contributed by atoms with E-state index in [0.717, 1.165) is 0 Å². The molecular formula is C21H14F3N5O3.